The first-order valence-electron chi connectivity index (χ1n) is 11.7. The molecule has 0 fully saturated rings. The van der Waals surface area contributed by atoms with Crippen LogP contribution in [0.15, 0.2) is 60.7 Å². The van der Waals surface area contributed by atoms with Gasteiger partial charge in [-0.3, -0.25) is 24.1 Å². The third-order valence-electron chi connectivity index (χ3n) is 6.62. The number of ether oxygens (including phenoxy) is 2. The summed E-state index contributed by atoms with van der Waals surface area (Å²) in [5.74, 6) is -0.314. The van der Waals surface area contributed by atoms with E-state index >= 15 is 0 Å². The molecule has 0 radical (unpaired) electrons. The van der Waals surface area contributed by atoms with E-state index in [9.17, 15) is 19.2 Å². The molecule has 0 spiro atoms. The quantitative estimate of drug-likeness (QED) is 0.492. The van der Waals surface area contributed by atoms with Crippen LogP contribution in [0.5, 0.6) is 11.5 Å². The molecular weight excluding hydrogens is 474 g/mol. The van der Waals surface area contributed by atoms with E-state index in [-0.39, 0.29) is 36.5 Å². The molecule has 0 saturated carbocycles. The number of nitrogens with zero attached hydrogens (tertiary/aromatic N) is 2. The number of rotatable bonds is 7. The Bertz CT molecular complexity index is 1450. The lowest BCUT2D eigenvalue weighted by Gasteiger charge is -2.40. The number of ketones is 1. The van der Waals surface area contributed by atoms with Crippen molar-refractivity contribution in [2.45, 2.75) is 19.5 Å². The highest BCUT2D eigenvalue weighted by Gasteiger charge is 2.49. The van der Waals surface area contributed by atoms with Gasteiger partial charge in [-0.2, -0.15) is 0 Å². The van der Waals surface area contributed by atoms with E-state index in [2.05, 4.69) is 5.32 Å². The maximum absolute atomic E-state index is 13.7. The van der Waals surface area contributed by atoms with Crippen molar-refractivity contribution in [2.75, 3.05) is 31.0 Å². The predicted octanol–water partition coefficient (Wildman–Crippen LogP) is 4.05. The Hall–Kier alpha value is -4.66. The second-order valence-electron chi connectivity index (χ2n) is 8.76. The molecule has 188 valence electrons. The van der Waals surface area contributed by atoms with Crippen molar-refractivity contribution in [3.05, 3.63) is 82.9 Å². The zero-order valence-electron chi connectivity index (χ0n) is 20.6. The number of para-hydroxylation sites is 1. The summed E-state index contributed by atoms with van der Waals surface area (Å²) in [6, 6.07) is 17.0. The molecule has 2 aliphatic heterocycles. The molecule has 9 nitrogen and oxygen atoms in total. The number of anilines is 2. The van der Waals surface area contributed by atoms with Crippen molar-refractivity contribution in [3.63, 3.8) is 0 Å². The average molecular weight is 500 g/mol. The van der Waals surface area contributed by atoms with Crippen molar-refractivity contribution in [2.24, 2.45) is 0 Å². The number of Topliss-reactive ketones (excluding diaryl/α,β-unsaturated/α-hetero) is 1. The minimum Gasteiger partial charge on any atom is -0.493 e. The number of carbonyl (C=O) groups excluding carboxylic acids is 4. The standard InChI is InChI=1S/C28H25N3O6/c1-16(32)17-7-6-8-18(15-17)29-23(33)13-14-30-26-20-11-12-22(36-2)25(37-3)24(20)28(35)31(26)21-10-5-4-9-19(21)27(30)34/h4-12,15,26H,13-14H2,1-3H3,(H,29,33). The van der Waals surface area contributed by atoms with Crippen LogP contribution in [0.1, 0.15) is 56.1 Å². The molecule has 3 aromatic carbocycles. The molecule has 0 saturated heterocycles. The van der Waals surface area contributed by atoms with Crippen molar-refractivity contribution in [1.82, 2.24) is 4.90 Å². The lowest BCUT2D eigenvalue weighted by molar-refractivity contribution is -0.116. The number of carbonyl (C=O) groups is 4. The topological polar surface area (TPSA) is 105 Å². The first-order chi connectivity index (χ1) is 17.8. The molecule has 37 heavy (non-hydrogen) atoms. The molecule has 5 rings (SSSR count). The minimum absolute atomic E-state index is 0.0145. The summed E-state index contributed by atoms with van der Waals surface area (Å²) in [6.07, 6.45) is -0.752. The van der Waals surface area contributed by atoms with Gasteiger partial charge in [0.25, 0.3) is 11.8 Å². The van der Waals surface area contributed by atoms with E-state index in [1.807, 2.05) is 0 Å². The van der Waals surface area contributed by atoms with E-state index in [1.165, 1.54) is 26.0 Å². The number of fused-ring (bicyclic) bond motifs is 5. The van der Waals surface area contributed by atoms with E-state index < -0.39 is 6.17 Å². The molecule has 0 bridgehead atoms. The highest BCUT2D eigenvalue weighted by molar-refractivity contribution is 6.18. The Balaban J connectivity index is 1.48. The van der Waals surface area contributed by atoms with Gasteiger partial charge in [-0.25, -0.2) is 0 Å². The van der Waals surface area contributed by atoms with Gasteiger partial charge in [0.05, 0.1) is 31.0 Å². The monoisotopic (exact) mass is 499 g/mol. The Morgan fingerprint density at radius 2 is 1.73 bits per heavy atom. The smallest absolute Gasteiger partial charge is 0.264 e. The number of hydrogen-bond donors (Lipinski definition) is 1. The third kappa shape index (κ3) is 3.98. The van der Waals surface area contributed by atoms with Gasteiger partial charge in [0.1, 0.15) is 6.17 Å². The molecule has 3 aromatic rings. The number of benzene rings is 3. The molecule has 1 unspecified atom stereocenters. The van der Waals surface area contributed by atoms with Crippen LogP contribution in [0.2, 0.25) is 0 Å². The van der Waals surface area contributed by atoms with Crippen molar-refractivity contribution < 1.29 is 28.7 Å². The van der Waals surface area contributed by atoms with E-state index in [0.29, 0.717) is 45.1 Å². The van der Waals surface area contributed by atoms with E-state index in [0.717, 1.165) is 0 Å². The summed E-state index contributed by atoms with van der Waals surface area (Å²) in [4.78, 5) is 54.9. The largest absolute Gasteiger partial charge is 0.493 e. The van der Waals surface area contributed by atoms with Crippen molar-refractivity contribution >= 4 is 34.9 Å². The predicted molar refractivity (Wildman–Crippen MR) is 136 cm³/mol. The summed E-state index contributed by atoms with van der Waals surface area (Å²) in [5.41, 5.74) is 2.78. The lowest BCUT2D eigenvalue weighted by atomic mass is 10.0. The number of nitrogens with one attached hydrogen (secondary N) is 1. The summed E-state index contributed by atoms with van der Waals surface area (Å²) in [5, 5.41) is 2.79. The van der Waals surface area contributed by atoms with Crippen LogP contribution in [-0.4, -0.2) is 49.2 Å². The van der Waals surface area contributed by atoms with Gasteiger partial charge < -0.3 is 19.7 Å². The fraction of sp³-hybridized carbons (Fsp3) is 0.214. The van der Waals surface area contributed by atoms with Crippen LogP contribution in [0, 0.1) is 0 Å². The molecule has 1 atom stereocenters. The maximum atomic E-state index is 13.7. The molecule has 2 heterocycles. The van der Waals surface area contributed by atoms with Crippen LogP contribution in [0.3, 0.4) is 0 Å². The summed E-state index contributed by atoms with van der Waals surface area (Å²) >= 11 is 0. The fourth-order valence-electron chi connectivity index (χ4n) is 4.91. The van der Waals surface area contributed by atoms with Gasteiger partial charge >= 0.3 is 0 Å². The molecule has 3 amide bonds. The number of methoxy groups -OCH3 is 2. The van der Waals surface area contributed by atoms with Crippen molar-refractivity contribution in [3.8, 4) is 11.5 Å². The Morgan fingerprint density at radius 1 is 0.946 bits per heavy atom. The Morgan fingerprint density at radius 3 is 2.46 bits per heavy atom. The lowest BCUT2D eigenvalue weighted by Crippen LogP contribution is -2.49. The van der Waals surface area contributed by atoms with Gasteiger partial charge in [-0.1, -0.05) is 30.3 Å². The highest BCUT2D eigenvalue weighted by Crippen LogP contribution is 2.49. The van der Waals surface area contributed by atoms with Crippen LogP contribution in [0.4, 0.5) is 11.4 Å². The second kappa shape index (κ2) is 9.42. The minimum atomic E-state index is -0.737. The van der Waals surface area contributed by atoms with Crippen LogP contribution in [-0.2, 0) is 4.79 Å². The zero-order valence-corrected chi connectivity index (χ0v) is 20.6. The van der Waals surface area contributed by atoms with Crippen LogP contribution in [0.25, 0.3) is 0 Å². The molecule has 1 N–H and O–H groups in total. The molecule has 0 aromatic heterocycles. The Labute approximate surface area is 213 Å². The number of amides is 3. The molecule has 0 aliphatic carbocycles. The van der Waals surface area contributed by atoms with Gasteiger partial charge in [-0.15, -0.1) is 0 Å². The van der Waals surface area contributed by atoms with Gasteiger partial charge in [0.2, 0.25) is 5.91 Å². The maximum Gasteiger partial charge on any atom is 0.264 e. The van der Waals surface area contributed by atoms with Crippen LogP contribution < -0.4 is 19.7 Å². The Kier molecular flexibility index (Phi) is 6.12. The van der Waals surface area contributed by atoms with Gasteiger partial charge in [0, 0.05) is 29.8 Å². The summed E-state index contributed by atoms with van der Waals surface area (Å²) in [7, 11) is 2.96. The summed E-state index contributed by atoms with van der Waals surface area (Å²) < 4.78 is 10.9. The average Bonchev–Trinajstić information content (AvgIpc) is 3.20. The van der Waals surface area contributed by atoms with E-state index in [4.69, 9.17) is 9.47 Å². The molecule has 2 aliphatic rings. The zero-order chi connectivity index (χ0) is 26.3. The van der Waals surface area contributed by atoms with Gasteiger partial charge in [-0.05, 0) is 37.3 Å². The second-order valence-corrected chi connectivity index (χ2v) is 8.76. The molecular formula is C28H25N3O6. The van der Waals surface area contributed by atoms with Crippen LogP contribution >= 0.6 is 0 Å². The normalized spacial score (nSPS) is 15.6. The SMILES string of the molecule is COc1ccc2c(c1OC)C(=O)N1c3ccccc3C(=O)N(CCC(=O)Nc3cccc(C(C)=O)c3)C21. The van der Waals surface area contributed by atoms with E-state index in [1.54, 1.807) is 65.6 Å². The third-order valence-corrected chi connectivity index (χ3v) is 6.62. The fourth-order valence-corrected chi connectivity index (χ4v) is 4.91. The van der Waals surface area contributed by atoms with Crippen molar-refractivity contribution in [1.29, 1.82) is 0 Å². The first-order valence-corrected chi connectivity index (χ1v) is 11.7. The highest BCUT2D eigenvalue weighted by atomic mass is 16.5. The number of hydrogen-bond acceptors (Lipinski definition) is 6. The summed E-state index contributed by atoms with van der Waals surface area (Å²) in [6.45, 7) is 1.52. The van der Waals surface area contributed by atoms with Gasteiger partial charge in [0.15, 0.2) is 17.3 Å². The first kappa shape index (κ1) is 24.1. The molecule has 9 heteroatoms.